The number of carbonyl (C=O) groups is 2. The van der Waals surface area contributed by atoms with E-state index >= 15 is 0 Å². The first-order valence-corrected chi connectivity index (χ1v) is 7.08. The standard InChI is InChI=1S/C13H16BrNO5/c1-7(2)5-15-10(16)6-19-12(13(17)18)11(15)8-3-4-9(14)20-8/h3-4,7,11-12H,5-6H2,1-2H3,(H,17,18). The first kappa shape index (κ1) is 15.1. The lowest BCUT2D eigenvalue weighted by molar-refractivity contribution is -0.175. The van der Waals surface area contributed by atoms with E-state index in [-0.39, 0.29) is 18.4 Å². The highest BCUT2D eigenvalue weighted by atomic mass is 79.9. The number of hydrogen-bond donors (Lipinski definition) is 1. The quantitative estimate of drug-likeness (QED) is 0.903. The van der Waals surface area contributed by atoms with Crippen molar-refractivity contribution in [3.05, 3.63) is 22.6 Å². The molecule has 0 bridgehead atoms. The van der Waals surface area contributed by atoms with Crippen LogP contribution in [0.2, 0.25) is 0 Å². The van der Waals surface area contributed by atoms with Gasteiger partial charge in [0, 0.05) is 6.54 Å². The molecule has 110 valence electrons. The SMILES string of the molecule is CC(C)CN1C(=O)COC(C(=O)O)C1c1ccc(Br)o1. The molecule has 1 aromatic rings. The van der Waals surface area contributed by atoms with Gasteiger partial charge in [0.05, 0.1) is 0 Å². The predicted molar refractivity (Wildman–Crippen MR) is 73.1 cm³/mol. The number of rotatable bonds is 4. The number of amides is 1. The maximum atomic E-state index is 12.0. The molecule has 1 amide bonds. The Morgan fingerprint density at radius 3 is 2.75 bits per heavy atom. The first-order valence-electron chi connectivity index (χ1n) is 6.29. The van der Waals surface area contributed by atoms with Crippen LogP contribution in [0.4, 0.5) is 0 Å². The summed E-state index contributed by atoms with van der Waals surface area (Å²) in [4.78, 5) is 24.9. The van der Waals surface area contributed by atoms with Gasteiger partial charge in [0.2, 0.25) is 5.91 Å². The van der Waals surface area contributed by atoms with Crippen LogP contribution in [0, 0.1) is 5.92 Å². The molecular formula is C13H16BrNO5. The van der Waals surface area contributed by atoms with E-state index in [0.29, 0.717) is 17.0 Å². The second-order valence-electron chi connectivity index (χ2n) is 5.10. The minimum Gasteiger partial charge on any atom is -0.479 e. The molecule has 2 atom stereocenters. The van der Waals surface area contributed by atoms with Crippen molar-refractivity contribution in [3.63, 3.8) is 0 Å². The highest BCUT2D eigenvalue weighted by Crippen LogP contribution is 2.33. The van der Waals surface area contributed by atoms with E-state index in [2.05, 4.69) is 15.9 Å². The number of carbonyl (C=O) groups excluding carboxylic acids is 1. The van der Waals surface area contributed by atoms with E-state index in [1.165, 1.54) is 4.90 Å². The summed E-state index contributed by atoms with van der Waals surface area (Å²) in [5.74, 6) is -0.720. The Balaban J connectivity index is 2.38. The highest BCUT2D eigenvalue weighted by Gasteiger charge is 2.43. The molecule has 1 fully saturated rings. The third-order valence-corrected chi connectivity index (χ3v) is 3.45. The van der Waals surface area contributed by atoms with Gasteiger partial charge in [-0.3, -0.25) is 4.79 Å². The van der Waals surface area contributed by atoms with Crippen LogP contribution in [0.5, 0.6) is 0 Å². The van der Waals surface area contributed by atoms with Crippen molar-refractivity contribution >= 4 is 27.8 Å². The van der Waals surface area contributed by atoms with Crippen molar-refractivity contribution < 1.29 is 23.8 Å². The zero-order valence-electron chi connectivity index (χ0n) is 11.2. The third kappa shape index (κ3) is 3.04. The average Bonchev–Trinajstić information content (AvgIpc) is 2.77. The largest absolute Gasteiger partial charge is 0.479 e. The maximum absolute atomic E-state index is 12.0. The molecule has 1 aromatic heterocycles. The van der Waals surface area contributed by atoms with Crippen LogP contribution < -0.4 is 0 Å². The number of morpholine rings is 1. The molecule has 1 aliphatic rings. The van der Waals surface area contributed by atoms with Gasteiger partial charge < -0.3 is 19.2 Å². The maximum Gasteiger partial charge on any atom is 0.335 e. The Hall–Kier alpha value is -1.34. The fourth-order valence-electron chi connectivity index (χ4n) is 2.26. The van der Waals surface area contributed by atoms with Gasteiger partial charge in [-0.1, -0.05) is 13.8 Å². The third-order valence-electron chi connectivity index (χ3n) is 3.02. The summed E-state index contributed by atoms with van der Waals surface area (Å²) in [6, 6.07) is 2.57. The van der Waals surface area contributed by atoms with Gasteiger partial charge in [0.15, 0.2) is 10.8 Å². The fourth-order valence-corrected chi connectivity index (χ4v) is 2.58. The molecule has 0 saturated carbocycles. The van der Waals surface area contributed by atoms with E-state index in [9.17, 15) is 14.7 Å². The van der Waals surface area contributed by atoms with Crippen molar-refractivity contribution in [1.29, 1.82) is 0 Å². The van der Waals surface area contributed by atoms with E-state index < -0.39 is 18.1 Å². The van der Waals surface area contributed by atoms with Gasteiger partial charge in [-0.25, -0.2) is 4.79 Å². The molecule has 0 aromatic carbocycles. The lowest BCUT2D eigenvalue weighted by atomic mass is 10.0. The molecule has 6 nitrogen and oxygen atoms in total. The van der Waals surface area contributed by atoms with Gasteiger partial charge in [-0.2, -0.15) is 0 Å². The number of carboxylic acids is 1. The summed E-state index contributed by atoms with van der Waals surface area (Å²) < 4.78 is 11.1. The van der Waals surface area contributed by atoms with Crippen LogP contribution in [0.15, 0.2) is 21.2 Å². The van der Waals surface area contributed by atoms with Crippen molar-refractivity contribution in [2.45, 2.75) is 26.0 Å². The molecule has 2 unspecified atom stereocenters. The van der Waals surface area contributed by atoms with E-state index in [4.69, 9.17) is 9.15 Å². The number of ether oxygens (including phenoxy) is 1. The van der Waals surface area contributed by atoms with Crippen LogP contribution in [0.3, 0.4) is 0 Å². The summed E-state index contributed by atoms with van der Waals surface area (Å²) in [6.45, 7) is 4.16. The number of furan rings is 1. The van der Waals surface area contributed by atoms with Gasteiger partial charge in [0.1, 0.15) is 18.4 Å². The Bertz CT molecular complexity index is 513. The van der Waals surface area contributed by atoms with Crippen molar-refractivity contribution in [2.75, 3.05) is 13.2 Å². The summed E-state index contributed by atoms with van der Waals surface area (Å²) in [6.07, 6.45) is -1.12. The Morgan fingerprint density at radius 2 is 2.25 bits per heavy atom. The molecule has 1 aliphatic heterocycles. The molecule has 20 heavy (non-hydrogen) atoms. The normalized spacial score (nSPS) is 23.4. The lowest BCUT2D eigenvalue weighted by Crippen LogP contribution is -2.52. The summed E-state index contributed by atoms with van der Waals surface area (Å²) in [5, 5.41) is 9.30. The molecule has 0 radical (unpaired) electrons. The van der Waals surface area contributed by atoms with Gasteiger partial charge in [-0.05, 0) is 34.0 Å². The number of hydrogen-bond acceptors (Lipinski definition) is 4. The van der Waals surface area contributed by atoms with E-state index in [1.807, 2.05) is 13.8 Å². The Kier molecular flexibility index (Phi) is 4.49. The minimum absolute atomic E-state index is 0.215. The van der Waals surface area contributed by atoms with Crippen LogP contribution >= 0.6 is 15.9 Å². The molecule has 2 rings (SSSR count). The molecule has 1 saturated heterocycles. The molecule has 7 heteroatoms. The first-order chi connectivity index (χ1) is 9.40. The monoisotopic (exact) mass is 345 g/mol. The van der Waals surface area contributed by atoms with Gasteiger partial charge in [0.25, 0.3) is 0 Å². The van der Waals surface area contributed by atoms with Crippen molar-refractivity contribution in [1.82, 2.24) is 4.90 Å². The summed E-state index contributed by atoms with van der Waals surface area (Å²) >= 11 is 3.18. The molecule has 1 N–H and O–H groups in total. The van der Waals surface area contributed by atoms with Crippen molar-refractivity contribution in [3.8, 4) is 0 Å². The Morgan fingerprint density at radius 1 is 1.55 bits per heavy atom. The zero-order chi connectivity index (χ0) is 14.9. The van der Waals surface area contributed by atoms with Crippen LogP contribution in [0.25, 0.3) is 0 Å². The summed E-state index contributed by atoms with van der Waals surface area (Å²) in [5.41, 5.74) is 0. The second-order valence-corrected chi connectivity index (χ2v) is 5.88. The molecule has 2 heterocycles. The number of aliphatic carboxylic acids is 1. The number of nitrogens with zero attached hydrogens (tertiary/aromatic N) is 1. The smallest absolute Gasteiger partial charge is 0.335 e. The van der Waals surface area contributed by atoms with Crippen LogP contribution in [-0.2, 0) is 14.3 Å². The Labute approximate surface area is 124 Å². The average molecular weight is 346 g/mol. The van der Waals surface area contributed by atoms with E-state index in [0.717, 1.165) is 0 Å². The highest BCUT2D eigenvalue weighted by molar-refractivity contribution is 9.10. The minimum atomic E-state index is -1.12. The lowest BCUT2D eigenvalue weighted by Gasteiger charge is -2.38. The zero-order valence-corrected chi connectivity index (χ0v) is 12.8. The number of halogens is 1. The van der Waals surface area contributed by atoms with E-state index in [1.54, 1.807) is 12.1 Å². The van der Waals surface area contributed by atoms with Crippen LogP contribution in [-0.4, -0.2) is 41.1 Å². The summed E-state index contributed by atoms with van der Waals surface area (Å²) in [7, 11) is 0. The van der Waals surface area contributed by atoms with Gasteiger partial charge in [-0.15, -0.1) is 0 Å². The second kappa shape index (κ2) is 5.97. The van der Waals surface area contributed by atoms with Crippen LogP contribution in [0.1, 0.15) is 25.6 Å². The molecule has 0 aliphatic carbocycles. The topological polar surface area (TPSA) is 80.0 Å². The fraction of sp³-hybridized carbons (Fsp3) is 0.538. The molecule has 0 spiro atoms. The predicted octanol–water partition coefficient (Wildman–Crippen LogP) is 2.05. The number of carboxylic acid groups (broad SMARTS) is 1. The van der Waals surface area contributed by atoms with Crippen molar-refractivity contribution in [2.24, 2.45) is 5.92 Å². The van der Waals surface area contributed by atoms with Gasteiger partial charge >= 0.3 is 5.97 Å². The molecular weight excluding hydrogens is 330 g/mol.